The van der Waals surface area contributed by atoms with Crippen LogP contribution in [0.5, 0.6) is 0 Å². The fraction of sp³-hybridized carbons (Fsp3) is 0.391. The minimum absolute atomic E-state index is 0.124. The molecule has 2 aliphatic rings. The van der Waals surface area contributed by atoms with Gasteiger partial charge < -0.3 is 5.32 Å². The summed E-state index contributed by atoms with van der Waals surface area (Å²) < 4.78 is 0. The number of amides is 4. The van der Waals surface area contributed by atoms with Crippen molar-refractivity contribution < 1.29 is 14.4 Å². The second-order valence-corrected chi connectivity index (χ2v) is 8.10. The lowest BCUT2D eigenvalue weighted by Crippen LogP contribution is -2.53. The van der Waals surface area contributed by atoms with Crippen LogP contribution in [0.15, 0.2) is 54.7 Å². The van der Waals surface area contributed by atoms with Gasteiger partial charge in [0.15, 0.2) is 0 Å². The van der Waals surface area contributed by atoms with Crippen LogP contribution in [-0.4, -0.2) is 70.4 Å². The first-order valence-corrected chi connectivity index (χ1v) is 10.9. The molecule has 1 aromatic heterocycles. The molecular weight excluding hydrogens is 408 g/mol. The zero-order valence-electron chi connectivity index (χ0n) is 18.2. The second-order valence-electron chi connectivity index (χ2n) is 8.10. The molecule has 0 saturated carbocycles. The monoisotopic (exact) mass is 436 g/mol. The van der Waals surface area contributed by atoms with Crippen molar-refractivity contribution >= 4 is 17.8 Å². The van der Waals surface area contributed by atoms with Crippen LogP contribution in [0, 0.1) is 0 Å². The Morgan fingerprint density at radius 3 is 2.38 bits per heavy atom. The summed E-state index contributed by atoms with van der Waals surface area (Å²) in [6.07, 6.45) is 2.17. The highest BCUT2D eigenvalue weighted by atomic mass is 16.2. The summed E-state index contributed by atoms with van der Waals surface area (Å²) in [6, 6.07) is 14.4. The molecule has 0 bridgehead atoms. The van der Waals surface area contributed by atoms with E-state index in [4.69, 9.17) is 0 Å². The van der Waals surface area contributed by atoms with E-state index in [2.05, 4.69) is 20.6 Å². The summed E-state index contributed by atoms with van der Waals surface area (Å²) in [4.78, 5) is 46.9. The molecule has 32 heavy (non-hydrogen) atoms. The standard InChI is InChI=1S/C23H28N6O3/c1-2-23(18-8-4-3-5-9-18)21(31)29(22(32)25-23)26-20(30)17-28-14-12-27(13-15-28)16-19-10-6-7-11-24-19/h3-11H,2,12-17H2,1H3,(H,25,32)(H,26,30). The fourth-order valence-electron chi connectivity index (χ4n) is 4.23. The van der Waals surface area contributed by atoms with E-state index < -0.39 is 17.5 Å². The molecule has 0 aliphatic carbocycles. The Bertz CT molecular complexity index is 962. The average Bonchev–Trinajstić information content (AvgIpc) is 3.07. The van der Waals surface area contributed by atoms with Crippen LogP contribution in [0.2, 0.25) is 0 Å². The number of hydrogen-bond donors (Lipinski definition) is 2. The molecule has 9 heteroatoms. The molecule has 2 aromatic rings. The Hall–Kier alpha value is -3.30. The van der Waals surface area contributed by atoms with Crippen LogP contribution in [0.25, 0.3) is 0 Å². The molecule has 0 radical (unpaired) electrons. The number of carbonyl (C=O) groups excluding carboxylic acids is 3. The quantitative estimate of drug-likeness (QED) is 0.631. The number of benzene rings is 1. The maximum Gasteiger partial charge on any atom is 0.344 e. The van der Waals surface area contributed by atoms with Gasteiger partial charge in [-0.1, -0.05) is 43.3 Å². The number of hydrogen-bond acceptors (Lipinski definition) is 6. The van der Waals surface area contributed by atoms with E-state index in [1.807, 2.05) is 48.2 Å². The van der Waals surface area contributed by atoms with Crippen LogP contribution >= 0.6 is 0 Å². The van der Waals surface area contributed by atoms with Crippen molar-refractivity contribution in [1.82, 2.24) is 30.5 Å². The van der Waals surface area contributed by atoms with Gasteiger partial charge in [0.2, 0.25) is 0 Å². The summed E-state index contributed by atoms with van der Waals surface area (Å²) in [5.74, 6) is -0.851. The van der Waals surface area contributed by atoms with E-state index in [0.29, 0.717) is 12.0 Å². The van der Waals surface area contributed by atoms with E-state index in [0.717, 1.165) is 43.4 Å². The Labute approximate surface area is 187 Å². The van der Waals surface area contributed by atoms with Gasteiger partial charge in [0.25, 0.3) is 11.8 Å². The number of urea groups is 1. The third-order valence-electron chi connectivity index (χ3n) is 6.07. The van der Waals surface area contributed by atoms with Crippen molar-refractivity contribution in [2.45, 2.75) is 25.4 Å². The van der Waals surface area contributed by atoms with E-state index in [-0.39, 0.29) is 12.5 Å². The predicted molar refractivity (Wildman–Crippen MR) is 118 cm³/mol. The summed E-state index contributed by atoms with van der Waals surface area (Å²) >= 11 is 0. The van der Waals surface area contributed by atoms with E-state index in [9.17, 15) is 14.4 Å². The molecule has 9 nitrogen and oxygen atoms in total. The Kier molecular flexibility index (Phi) is 6.48. The Morgan fingerprint density at radius 1 is 1.03 bits per heavy atom. The number of piperazine rings is 1. The molecule has 168 valence electrons. The van der Waals surface area contributed by atoms with Gasteiger partial charge in [-0.15, -0.1) is 0 Å². The van der Waals surface area contributed by atoms with Crippen molar-refractivity contribution in [3.8, 4) is 0 Å². The summed E-state index contributed by atoms with van der Waals surface area (Å²) in [5, 5.41) is 3.58. The first-order valence-electron chi connectivity index (χ1n) is 10.9. The molecule has 2 fully saturated rings. The van der Waals surface area contributed by atoms with E-state index in [1.54, 1.807) is 18.3 Å². The van der Waals surface area contributed by atoms with Crippen molar-refractivity contribution in [2.75, 3.05) is 32.7 Å². The van der Waals surface area contributed by atoms with Crippen molar-refractivity contribution in [3.05, 3.63) is 66.0 Å². The largest absolute Gasteiger partial charge is 0.344 e. The number of hydrazine groups is 1. The van der Waals surface area contributed by atoms with Crippen LogP contribution in [0.3, 0.4) is 0 Å². The molecule has 1 unspecified atom stereocenters. The lowest BCUT2D eigenvalue weighted by molar-refractivity contribution is -0.140. The third kappa shape index (κ3) is 4.49. The number of aromatic nitrogens is 1. The number of rotatable bonds is 7. The van der Waals surface area contributed by atoms with Crippen LogP contribution < -0.4 is 10.7 Å². The molecule has 4 amide bonds. The zero-order valence-corrected chi connectivity index (χ0v) is 18.2. The number of pyridine rings is 1. The van der Waals surface area contributed by atoms with Crippen LogP contribution in [0.4, 0.5) is 4.79 Å². The third-order valence-corrected chi connectivity index (χ3v) is 6.07. The van der Waals surface area contributed by atoms with Gasteiger partial charge in [-0.25, -0.2) is 4.79 Å². The summed E-state index contributed by atoms with van der Waals surface area (Å²) in [5.41, 5.74) is 3.06. The average molecular weight is 437 g/mol. The first-order chi connectivity index (χ1) is 15.5. The zero-order chi connectivity index (χ0) is 22.6. The summed E-state index contributed by atoms with van der Waals surface area (Å²) in [6.45, 7) is 5.83. The van der Waals surface area contributed by atoms with Crippen molar-refractivity contribution in [3.63, 3.8) is 0 Å². The molecule has 3 heterocycles. The predicted octanol–water partition coefficient (Wildman–Crippen LogP) is 1.09. The van der Waals surface area contributed by atoms with Crippen molar-refractivity contribution in [1.29, 1.82) is 0 Å². The maximum absolute atomic E-state index is 13.1. The van der Waals surface area contributed by atoms with Crippen molar-refractivity contribution in [2.24, 2.45) is 0 Å². The molecular formula is C23H28N6O3. The first kappa shape index (κ1) is 21.9. The highest BCUT2D eigenvalue weighted by Gasteiger charge is 2.52. The van der Waals surface area contributed by atoms with Crippen LogP contribution in [0.1, 0.15) is 24.6 Å². The molecule has 1 aromatic carbocycles. The highest BCUT2D eigenvalue weighted by Crippen LogP contribution is 2.31. The minimum Gasteiger partial charge on any atom is -0.318 e. The normalized spacial score (nSPS) is 22.1. The molecule has 0 spiro atoms. The molecule has 4 rings (SSSR count). The Balaban J connectivity index is 1.31. The lowest BCUT2D eigenvalue weighted by Gasteiger charge is -2.34. The number of carbonyl (C=O) groups is 3. The smallest absolute Gasteiger partial charge is 0.318 e. The Morgan fingerprint density at radius 2 is 1.72 bits per heavy atom. The van der Waals surface area contributed by atoms with Gasteiger partial charge in [-0.3, -0.25) is 29.8 Å². The molecule has 2 saturated heterocycles. The number of nitrogens with zero attached hydrogens (tertiary/aromatic N) is 4. The SMILES string of the molecule is CCC1(c2ccccc2)NC(=O)N(NC(=O)CN2CCN(Cc3ccccn3)CC2)C1=O. The van der Waals surface area contributed by atoms with Gasteiger partial charge in [-0.05, 0) is 24.1 Å². The minimum atomic E-state index is -1.16. The van der Waals surface area contributed by atoms with Gasteiger partial charge in [0.05, 0.1) is 12.2 Å². The van der Waals surface area contributed by atoms with E-state index >= 15 is 0 Å². The molecule has 1 atom stereocenters. The number of nitrogens with one attached hydrogen (secondary N) is 2. The van der Waals surface area contributed by atoms with Gasteiger partial charge in [0.1, 0.15) is 5.54 Å². The topological polar surface area (TPSA) is 97.9 Å². The maximum atomic E-state index is 13.1. The summed E-state index contributed by atoms with van der Waals surface area (Å²) in [7, 11) is 0. The molecule has 2 N–H and O–H groups in total. The molecule has 2 aliphatic heterocycles. The second kappa shape index (κ2) is 9.46. The van der Waals surface area contributed by atoms with Crippen LogP contribution in [-0.2, 0) is 21.7 Å². The number of imide groups is 1. The van der Waals surface area contributed by atoms with Gasteiger partial charge in [-0.2, -0.15) is 5.01 Å². The van der Waals surface area contributed by atoms with Gasteiger partial charge in [0, 0.05) is 38.9 Å². The van der Waals surface area contributed by atoms with E-state index in [1.165, 1.54) is 0 Å². The highest BCUT2D eigenvalue weighted by molar-refractivity contribution is 6.08. The van der Waals surface area contributed by atoms with Gasteiger partial charge >= 0.3 is 6.03 Å². The fourth-order valence-corrected chi connectivity index (χ4v) is 4.23. The lowest BCUT2D eigenvalue weighted by atomic mass is 9.87.